The predicted octanol–water partition coefficient (Wildman–Crippen LogP) is 3.16. The summed E-state index contributed by atoms with van der Waals surface area (Å²) in [6, 6.07) is 17.4. The van der Waals surface area contributed by atoms with Gasteiger partial charge in [0.2, 0.25) is 0 Å². The topological polar surface area (TPSA) is 82.5 Å². The van der Waals surface area contributed by atoms with Gasteiger partial charge in [0.25, 0.3) is 11.5 Å². The van der Waals surface area contributed by atoms with Gasteiger partial charge in [0.15, 0.2) is 6.10 Å². The van der Waals surface area contributed by atoms with Crippen LogP contribution in [0.4, 0.5) is 0 Å². The number of hydrogen-bond acceptors (Lipinski definition) is 5. The standard InChI is InChI=1S/C22H22ClN3O4/c1-15(30-19-5-3-4-17(23)14-19)22(28)24-12-13-26-21(27)11-10-20(25-26)16-6-8-18(29-2)9-7-16/h3-11,14-15H,12-13H2,1-2H3,(H,24,28). The molecular weight excluding hydrogens is 406 g/mol. The Bertz CT molecular complexity index is 1070. The third kappa shape index (κ3) is 5.61. The summed E-state index contributed by atoms with van der Waals surface area (Å²) in [4.78, 5) is 24.4. The zero-order valence-electron chi connectivity index (χ0n) is 16.7. The lowest BCUT2D eigenvalue weighted by molar-refractivity contribution is -0.127. The first-order chi connectivity index (χ1) is 14.5. The molecule has 0 aliphatic carbocycles. The van der Waals surface area contributed by atoms with Gasteiger partial charge in [-0.1, -0.05) is 17.7 Å². The number of hydrogen-bond donors (Lipinski definition) is 1. The number of halogens is 1. The van der Waals surface area contributed by atoms with E-state index >= 15 is 0 Å². The maximum Gasteiger partial charge on any atom is 0.266 e. The zero-order chi connectivity index (χ0) is 21.5. The van der Waals surface area contributed by atoms with E-state index < -0.39 is 6.10 Å². The van der Waals surface area contributed by atoms with Crippen molar-refractivity contribution in [3.63, 3.8) is 0 Å². The number of nitrogens with zero attached hydrogens (tertiary/aromatic N) is 2. The van der Waals surface area contributed by atoms with Crippen molar-refractivity contribution in [1.82, 2.24) is 15.1 Å². The average Bonchev–Trinajstić information content (AvgIpc) is 2.75. The molecule has 3 rings (SSSR count). The lowest BCUT2D eigenvalue weighted by atomic mass is 10.1. The van der Waals surface area contributed by atoms with E-state index in [0.717, 1.165) is 11.3 Å². The van der Waals surface area contributed by atoms with E-state index in [1.807, 2.05) is 24.3 Å². The van der Waals surface area contributed by atoms with Crippen LogP contribution in [0.5, 0.6) is 11.5 Å². The number of methoxy groups -OCH3 is 1. The van der Waals surface area contributed by atoms with Crippen molar-refractivity contribution in [2.45, 2.75) is 19.6 Å². The smallest absolute Gasteiger partial charge is 0.266 e. The van der Waals surface area contributed by atoms with E-state index in [1.165, 1.54) is 10.7 Å². The highest BCUT2D eigenvalue weighted by atomic mass is 35.5. The van der Waals surface area contributed by atoms with Crippen molar-refractivity contribution in [2.24, 2.45) is 0 Å². The highest BCUT2D eigenvalue weighted by Gasteiger charge is 2.14. The van der Waals surface area contributed by atoms with Gasteiger partial charge in [-0.25, -0.2) is 4.68 Å². The van der Waals surface area contributed by atoms with Gasteiger partial charge in [0, 0.05) is 23.2 Å². The molecule has 0 radical (unpaired) electrons. The van der Waals surface area contributed by atoms with Gasteiger partial charge in [-0.3, -0.25) is 9.59 Å². The van der Waals surface area contributed by atoms with E-state index in [4.69, 9.17) is 21.1 Å². The number of benzene rings is 2. The molecule has 7 nitrogen and oxygen atoms in total. The maximum absolute atomic E-state index is 12.3. The van der Waals surface area contributed by atoms with Crippen molar-refractivity contribution in [3.05, 3.63) is 76.0 Å². The van der Waals surface area contributed by atoms with Crippen molar-refractivity contribution in [1.29, 1.82) is 0 Å². The van der Waals surface area contributed by atoms with Crippen LogP contribution in [-0.2, 0) is 11.3 Å². The number of ether oxygens (including phenoxy) is 2. The molecule has 30 heavy (non-hydrogen) atoms. The molecule has 3 aromatic rings. The van der Waals surface area contributed by atoms with E-state index in [9.17, 15) is 9.59 Å². The summed E-state index contributed by atoms with van der Waals surface area (Å²) in [5.41, 5.74) is 1.27. The molecule has 0 aliphatic rings. The molecule has 1 aromatic heterocycles. The maximum atomic E-state index is 12.3. The minimum atomic E-state index is -0.709. The summed E-state index contributed by atoms with van der Waals surface area (Å²) in [5.74, 6) is 0.952. The van der Waals surface area contributed by atoms with Gasteiger partial charge in [0.05, 0.1) is 19.3 Å². The molecule has 1 heterocycles. The Morgan fingerprint density at radius 1 is 1.13 bits per heavy atom. The average molecular weight is 428 g/mol. The first-order valence-electron chi connectivity index (χ1n) is 9.39. The van der Waals surface area contributed by atoms with Crippen LogP contribution in [-0.4, -0.2) is 35.4 Å². The molecule has 0 saturated carbocycles. The highest BCUT2D eigenvalue weighted by Crippen LogP contribution is 2.20. The summed E-state index contributed by atoms with van der Waals surface area (Å²) in [5, 5.41) is 7.67. The molecule has 1 amide bonds. The molecule has 0 aliphatic heterocycles. The van der Waals surface area contributed by atoms with Gasteiger partial charge in [-0.15, -0.1) is 0 Å². The van der Waals surface area contributed by atoms with Gasteiger partial charge < -0.3 is 14.8 Å². The molecular formula is C22H22ClN3O4. The van der Waals surface area contributed by atoms with E-state index in [-0.39, 0.29) is 24.6 Å². The molecule has 1 atom stereocenters. The fourth-order valence-corrected chi connectivity index (χ4v) is 2.93. The van der Waals surface area contributed by atoms with Crippen LogP contribution in [0.1, 0.15) is 6.92 Å². The third-order valence-corrected chi connectivity index (χ3v) is 4.59. The fraction of sp³-hybridized carbons (Fsp3) is 0.227. The van der Waals surface area contributed by atoms with E-state index in [2.05, 4.69) is 10.4 Å². The Hall–Kier alpha value is -3.32. The molecule has 0 bridgehead atoms. The van der Waals surface area contributed by atoms with Crippen LogP contribution < -0.4 is 20.3 Å². The molecule has 156 valence electrons. The lowest BCUT2D eigenvalue weighted by Gasteiger charge is -2.15. The molecule has 0 fully saturated rings. The highest BCUT2D eigenvalue weighted by molar-refractivity contribution is 6.30. The Balaban J connectivity index is 1.58. The van der Waals surface area contributed by atoms with Gasteiger partial charge in [-0.2, -0.15) is 5.10 Å². The van der Waals surface area contributed by atoms with Crippen molar-refractivity contribution >= 4 is 17.5 Å². The minimum Gasteiger partial charge on any atom is -0.497 e. The van der Waals surface area contributed by atoms with Crippen molar-refractivity contribution in [3.8, 4) is 22.8 Å². The Morgan fingerprint density at radius 3 is 2.60 bits per heavy atom. The number of nitrogens with one attached hydrogen (secondary N) is 1. The molecule has 8 heteroatoms. The van der Waals surface area contributed by atoms with Crippen LogP contribution in [0.2, 0.25) is 5.02 Å². The van der Waals surface area contributed by atoms with Gasteiger partial charge >= 0.3 is 0 Å². The van der Waals surface area contributed by atoms with Crippen LogP contribution in [0, 0.1) is 0 Å². The summed E-state index contributed by atoms with van der Waals surface area (Å²) >= 11 is 5.92. The van der Waals surface area contributed by atoms with Crippen molar-refractivity contribution < 1.29 is 14.3 Å². The van der Waals surface area contributed by atoms with E-state index in [0.29, 0.717) is 16.5 Å². The minimum absolute atomic E-state index is 0.235. The summed E-state index contributed by atoms with van der Waals surface area (Å²) in [6.07, 6.45) is -0.709. The Kier molecular flexibility index (Phi) is 7.08. The number of aromatic nitrogens is 2. The molecule has 0 spiro atoms. The summed E-state index contributed by atoms with van der Waals surface area (Å²) < 4.78 is 12.1. The largest absolute Gasteiger partial charge is 0.497 e. The molecule has 2 aromatic carbocycles. The summed E-state index contributed by atoms with van der Waals surface area (Å²) in [6.45, 7) is 2.12. The second-order valence-electron chi connectivity index (χ2n) is 6.52. The first kappa shape index (κ1) is 21.4. The Morgan fingerprint density at radius 2 is 1.90 bits per heavy atom. The lowest BCUT2D eigenvalue weighted by Crippen LogP contribution is -2.39. The fourth-order valence-electron chi connectivity index (χ4n) is 2.75. The normalized spacial score (nSPS) is 11.6. The number of carbonyl (C=O) groups is 1. The van der Waals surface area contributed by atoms with E-state index in [1.54, 1.807) is 44.4 Å². The van der Waals surface area contributed by atoms with Gasteiger partial charge in [-0.05, 0) is 55.5 Å². The molecule has 0 saturated heterocycles. The third-order valence-electron chi connectivity index (χ3n) is 4.35. The van der Waals surface area contributed by atoms with Crippen LogP contribution >= 0.6 is 11.6 Å². The first-order valence-corrected chi connectivity index (χ1v) is 9.76. The SMILES string of the molecule is COc1ccc(-c2ccc(=O)n(CCNC(=O)C(C)Oc3cccc(Cl)c3)n2)cc1. The van der Waals surface area contributed by atoms with Crippen LogP contribution in [0.15, 0.2) is 65.5 Å². The summed E-state index contributed by atoms with van der Waals surface area (Å²) in [7, 11) is 1.60. The molecule has 1 unspecified atom stereocenters. The number of amides is 1. The molecule has 1 N–H and O–H groups in total. The second-order valence-corrected chi connectivity index (χ2v) is 6.95. The van der Waals surface area contributed by atoms with Crippen LogP contribution in [0.25, 0.3) is 11.3 Å². The van der Waals surface area contributed by atoms with Crippen LogP contribution in [0.3, 0.4) is 0 Å². The number of rotatable bonds is 8. The predicted molar refractivity (Wildman–Crippen MR) is 115 cm³/mol. The van der Waals surface area contributed by atoms with Crippen molar-refractivity contribution in [2.75, 3.05) is 13.7 Å². The monoisotopic (exact) mass is 427 g/mol. The van der Waals surface area contributed by atoms with Gasteiger partial charge in [0.1, 0.15) is 11.5 Å². The zero-order valence-corrected chi connectivity index (χ0v) is 17.4. The number of carbonyl (C=O) groups excluding carboxylic acids is 1. The Labute approximate surface area is 179 Å². The second kappa shape index (κ2) is 9.93. The quantitative estimate of drug-likeness (QED) is 0.597.